The van der Waals surface area contributed by atoms with Crippen molar-refractivity contribution in [1.29, 1.82) is 0 Å². The van der Waals surface area contributed by atoms with Gasteiger partial charge in [0.2, 0.25) is 0 Å². The van der Waals surface area contributed by atoms with Crippen molar-refractivity contribution in [3.63, 3.8) is 0 Å². The maximum atomic E-state index is 12.7. The first kappa shape index (κ1) is 19.7. The van der Waals surface area contributed by atoms with Crippen molar-refractivity contribution in [1.82, 2.24) is 15.6 Å². The summed E-state index contributed by atoms with van der Waals surface area (Å²) in [5, 5.41) is 6.30. The zero-order valence-corrected chi connectivity index (χ0v) is 16.5. The highest BCUT2D eigenvalue weighted by atomic mass is 16.5. The van der Waals surface area contributed by atoms with Crippen LogP contribution in [0.4, 0.5) is 0 Å². The molecule has 1 aliphatic heterocycles. The molecule has 0 saturated carbocycles. The zero-order valence-electron chi connectivity index (χ0n) is 16.5. The summed E-state index contributed by atoms with van der Waals surface area (Å²) in [5.74, 6) is 2.22. The summed E-state index contributed by atoms with van der Waals surface area (Å²) in [6, 6.07) is 8.88. The van der Waals surface area contributed by atoms with Gasteiger partial charge < -0.3 is 20.1 Å². The minimum absolute atomic E-state index is 0.156. The fourth-order valence-corrected chi connectivity index (χ4v) is 3.04. The lowest BCUT2D eigenvalue weighted by atomic mass is 10.1. The number of ether oxygens (including phenoxy) is 2. The molecule has 0 aliphatic carbocycles. The molecule has 7 nitrogen and oxygen atoms in total. The van der Waals surface area contributed by atoms with Crippen LogP contribution in [0.15, 0.2) is 41.5 Å². The van der Waals surface area contributed by atoms with Crippen molar-refractivity contribution in [2.75, 3.05) is 20.8 Å². The maximum Gasteiger partial charge on any atom is 0.251 e. The molecular weight excluding hydrogens is 356 g/mol. The van der Waals surface area contributed by atoms with Crippen LogP contribution in [-0.4, -0.2) is 37.5 Å². The van der Waals surface area contributed by atoms with Gasteiger partial charge >= 0.3 is 0 Å². The van der Waals surface area contributed by atoms with Gasteiger partial charge in [0.1, 0.15) is 11.5 Å². The van der Waals surface area contributed by atoms with Crippen molar-refractivity contribution in [3.8, 4) is 11.5 Å². The van der Waals surface area contributed by atoms with Crippen LogP contribution in [0.3, 0.4) is 0 Å². The van der Waals surface area contributed by atoms with Gasteiger partial charge in [-0.2, -0.15) is 0 Å². The van der Waals surface area contributed by atoms with Crippen molar-refractivity contribution < 1.29 is 14.3 Å². The number of aromatic nitrogens is 1. The molecule has 1 amide bonds. The number of benzene rings is 1. The molecule has 148 valence electrons. The molecule has 2 heterocycles. The van der Waals surface area contributed by atoms with Crippen LogP contribution in [0.5, 0.6) is 11.5 Å². The van der Waals surface area contributed by atoms with E-state index in [0.717, 1.165) is 36.5 Å². The Kier molecular flexibility index (Phi) is 6.47. The molecule has 1 aliphatic rings. The van der Waals surface area contributed by atoms with Gasteiger partial charge in [0.25, 0.3) is 5.91 Å². The van der Waals surface area contributed by atoms with E-state index in [1.54, 1.807) is 38.6 Å². The van der Waals surface area contributed by atoms with E-state index in [1.165, 1.54) is 0 Å². The third-order valence-corrected chi connectivity index (χ3v) is 4.65. The molecule has 1 atom stereocenters. The summed E-state index contributed by atoms with van der Waals surface area (Å²) in [4.78, 5) is 21.4. The van der Waals surface area contributed by atoms with Gasteiger partial charge in [-0.3, -0.25) is 14.8 Å². The van der Waals surface area contributed by atoms with E-state index in [4.69, 9.17) is 9.47 Å². The van der Waals surface area contributed by atoms with Gasteiger partial charge in [-0.25, -0.2) is 0 Å². The molecule has 0 spiro atoms. The van der Waals surface area contributed by atoms with E-state index < -0.39 is 0 Å². The van der Waals surface area contributed by atoms with Gasteiger partial charge in [0.15, 0.2) is 0 Å². The normalized spacial score (nSPS) is 14.2. The van der Waals surface area contributed by atoms with E-state index >= 15 is 0 Å². The molecule has 3 rings (SSSR count). The Hall–Kier alpha value is -3.09. The molecule has 0 bridgehead atoms. The number of carbonyl (C=O) groups is 1. The van der Waals surface area contributed by atoms with E-state index in [-0.39, 0.29) is 11.9 Å². The standard InChI is InChI=1S/C21H26N4O3/c1-14(16-10-18(27-2)12-19(11-16)28-3)25-21(26)15-6-8-22-17(9-15)13-24-20-5-4-7-23-20/h6,8-12,14H,4-5,7,13H2,1-3H3,(H,23,24)(H,25,26). The summed E-state index contributed by atoms with van der Waals surface area (Å²) in [6.45, 7) is 3.36. The Bertz CT molecular complexity index is 844. The van der Waals surface area contributed by atoms with Crippen LogP contribution in [0.25, 0.3) is 0 Å². The maximum absolute atomic E-state index is 12.7. The number of methoxy groups -OCH3 is 2. The topological polar surface area (TPSA) is 84.8 Å². The number of hydrogen-bond donors (Lipinski definition) is 2. The number of pyridine rings is 1. The highest BCUT2D eigenvalue weighted by Gasteiger charge is 2.14. The first-order valence-corrected chi connectivity index (χ1v) is 9.35. The summed E-state index contributed by atoms with van der Waals surface area (Å²) in [6.07, 6.45) is 3.72. The second-order valence-electron chi connectivity index (χ2n) is 6.66. The van der Waals surface area contributed by atoms with Crippen molar-refractivity contribution >= 4 is 11.7 Å². The number of rotatable bonds is 7. The van der Waals surface area contributed by atoms with Crippen molar-refractivity contribution in [2.45, 2.75) is 32.4 Å². The third-order valence-electron chi connectivity index (χ3n) is 4.65. The van der Waals surface area contributed by atoms with Crippen LogP contribution in [0, 0.1) is 0 Å². The summed E-state index contributed by atoms with van der Waals surface area (Å²) >= 11 is 0. The molecule has 2 aromatic rings. The zero-order chi connectivity index (χ0) is 19.9. The quantitative estimate of drug-likeness (QED) is 0.769. The largest absolute Gasteiger partial charge is 0.497 e. The van der Waals surface area contributed by atoms with Gasteiger partial charge in [0, 0.05) is 30.8 Å². The first-order chi connectivity index (χ1) is 13.6. The van der Waals surface area contributed by atoms with Crippen LogP contribution in [0.2, 0.25) is 0 Å². The average Bonchev–Trinajstić information content (AvgIpc) is 3.25. The van der Waals surface area contributed by atoms with Gasteiger partial charge in [-0.15, -0.1) is 0 Å². The molecule has 1 aromatic heterocycles. The lowest BCUT2D eigenvalue weighted by Gasteiger charge is -2.17. The summed E-state index contributed by atoms with van der Waals surface area (Å²) in [7, 11) is 3.21. The monoisotopic (exact) mass is 382 g/mol. The highest BCUT2D eigenvalue weighted by molar-refractivity contribution is 5.94. The molecule has 1 aromatic carbocycles. The van der Waals surface area contributed by atoms with Crippen molar-refractivity contribution in [3.05, 3.63) is 53.3 Å². The number of nitrogens with one attached hydrogen (secondary N) is 2. The molecule has 1 unspecified atom stereocenters. The van der Waals surface area contributed by atoms with Crippen LogP contribution in [-0.2, 0) is 6.54 Å². The number of hydrogen-bond acceptors (Lipinski definition) is 6. The minimum atomic E-state index is -0.209. The highest BCUT2D eigenvalue weighted by Crippen LogP contribution is 2.26. The number of aliphatic imine (C=N–C) groups is 1. The van der Waals surface area contributed by atoms with Gasteiger partial charge in [-0.05, 0) is 43.2 Å². The fraction of sp³-hybridized carbons (Fsp3) is 0.381. The lowest BCUT2D eigenvalue weighted by Crippen LogP contribution is -2.27. The average molecular weight is 382 g/mol. The van der Waals surface area contributed by atoms with Crippen LogP contribution in [0.1, 0.15) is 47.4 Å². The number of nitrogens with zero attached hydrogens (tertiary/aromatic N) is 2. The van der Waals surface area contributed by atoms with Crippen LogP contribution < -0.4 is 20.1 Å². The second kappa shape index (κ2) is 9.21. The van der Waals surface area contributed by atoms with E-state index in [9.17, 15) is 4.79 Å². The van der Waals surface area contributed by atoms with E-state index in [1.807, 2.05) is 19.1 Å². The fourth-order valence-electron chi connectivity index (χ4n) is 3.04. The molecule has 0 fully saturated rings. The number of carbonyl (C=O) groups excluding carboxylic acids is 1. The Morgan fingerprint density at radius 3 is 2.57 bits per heavy atom. The predicted molar refractivity (Wildman–Crippen MR) is 108 cm³/mol. The molecular formula is C21H26N4O3. The van der Waals surface area contributed by atoms with Gasteiger partial charge in [0.05, 0.1) is 38.3 Å². The Labute approximate surface area is 165 Å². The minimum Gasteiger partial charge on any atom is -0.497 e. The van der Waals surface area contributed by atoms with Gasteiger partial charge in [-0.1, -0.05) is 0 Å². The SMILES string of the molecule is COc1cc(OC)cc(C(C)NC(=O)c2ccnc(CNC3=NCCC3)c2)c1. The predicted octanol–water partition coefficient (Wildman–Crippen LogP) is 2.87. The summed E-state index contributed by atoms with van der Waals surface area (Å²) in [5.41, 5.74) is 2.28. The third kappa shape index (κ3) is 5.00. The Balaban J connectivity index is 1.66. The molecule has 0 radical (unpaired) electrons. The molecule has 28 heavy (non-hydrogen) atoms. The van der Waals surface area contributed by atoms with Crippen LogP contribution >= 0.6 is 0 Å². The molecule has 0 saturated heterocycles. The number of amidine groups is 1. The Morgan fingerprint density at radius 1 is 1.18 bits per heavy atom. The molecule has 7 heteroatoms. The van der Waals surface area contributed by atoms with E-state index in [0.29, 0.717) is 23.6 Å². The number of amides is 1. The smallest absolute Gasteiger partial charge is 0.251 e. The lowest BCUT2D eigenvalue weighted by molar-refractivity contribution is 0.0939. The molecule has 2 N–H and O–H groups in total. The Morgan fingerprint density at radius 2 is 1.93 bits per heavy atom. The first-order valence-electron chi connectivity index (χ1n) is 9.35. The van der Waals surface area contributed by atoms with E-state index in [2.05, 4.69) is 20.6 Å². The van der Waals surface area contributed by atoms with Crippen molar-refractivity contribution in [2.24, 2.45) is 4.99 Å². The second-order valence-corrected chi connectivity index (χ2v) is 6.66. The summed E-state index contributed by atoms with van der Waals surface area (Å²) < 4.78 is 10.6.